The van der Waals surface area contributed by atoms with Gasteiger partial charge >= 0.3 is 0 Å². The number of hydrogen-bond donors (Lipinski definition) is 1. The van der Waals surface area contributed by atoms with Gasteiger partial charge in [0.25, 0.3) is 0 Å². The molecule has 0 radical (unpaired) electrons. The SMILES string of the molecule is COCc1cccc(C(O)Cc2cncc(Br)c2)c1. The number of ether oxygens (including phenoxy) is 1. The van der Waals surface area contributed by atoms with Crippen molar-refractivity contribution >= 4 is 15.9 Å². The highest BCUT2D eigenvalue weighted by molar-refractivity contribution is 9.10. The van der Waals surface area contributed by atoms with Crippen LogP contribution in [0, 0.1) is 0 Å². The number of benzene rings is 1. The lowest BCUT2D eigenvalue weighted by molar-refractivity contribution is 0.175. The molecule has 0 aliphatic heterocycles. The topological polar surface area (TPSA) is 42.4 Å². The van der Waals surface area contributed by atoms with Crippen molar-refractivity contribution in [2.24, 2.45) is 0 Å². The number of hydrogen-bond acceptors (Lipinski definition) is 3. The average molecular weight is 322 g/mol. The van der Waals surface area contributed by atoms with E-state index >= 15 is 0 Å². The maximum Gasteiger partial charge on any atom is 0.0831 e. The van der Waals surface area contributed by atoms with Gasteiger partial charge < -0.3 is 9.84 Å². The van der Waals surface area contributed by atoms with Crippen molar-refractivity contribution in [1.82, 2.24) is 4.98 Å². The van der Waals surface area contributed by atoms with Gasteiger partial charge in [-0.1, -0.05) is 24.3 Å². The van der Waals surface area contributed by atoms with Crippen molar-refractivity contribution in [3.8, 4) is 0 Å². The van der Waals surface area contributed by atoms with Gasteiger partial charge in [-0.25, -0.2) is 0 Å². The Bertz CT molecular complexity index is 545. The zero-order valence-corrected chi connectivity index (χ0v) is 12.3. The van der Waals surface area contributed by atoms with E-state index in [1.165, 1.54) is 0 Å². The van der Waals surface area contributed by atoms with Crippen molar-refractivity contribution in [3.05, 3.63) is 63.9 Å². The van der Waals surface area contributed by atoms with Crippen molar-refractivity contribution in [2.75, 3.05) is 7.11 Å². The molecule has 100 valence electrons. The van der Waals surface area contributed by atoms with Crippen LogP contribution in [0.4, 0.5) is 0 Å². The molecule has 2 rings (SSSR count). The number of aliphatic hydroxyl groups excluding tert-OH is 1. The van der Waals surface area contributed by atoms with Crippen LogP contribution in [-0.4, -0.2) is 17.2 Å². The van der Waals surface area contributed by atoms with Crippen molar-refractivity contribution in [2.45, 2.75) is 19.1 Å². The monoisotopic (exact) mass is 321 g/mol. The molecule has 1 heterocycles. The van der Waals surface area contributed by atoms with Gasteiger partial charge in [-0.05, 0) is 38.7 Å². The van der Waals surface area contributed by atoms with Crippen LogP contribution in [0.15, 0.2) is 47.2 Å². The number of aliphatic hydroxyl groups is 1. The predicted octanol–water partition coefficient (Wildman–Crippen LogP) is 3.27. The molecule has 1 atom stereocenters. The maximum absolute atomic E-state index is 10.3. The van der Waals surface area contributed by atoms with Gasteiger partial charge in [0.05, 0.1) is 12.7 Å². The molecule has 4 heteroatoms. The van der Waals surface area contributed by atoms with Crippen LogP contribution in [0.5, 0.6) is 0 Å². The fourth-order valence-corrected chi connectivity index (χ4v) is 2.38. The molecule has 0 aliphatic rings. The van der Waals surface area contributed by atoms with E-state index < -0.39 is 6.10 Å². The normalized spacial score (nSPS) is 12.4. The van der Waals surface area contributed by atoms with Gasteiger partial charge in [-0.15, -0.1) is 0 Å². The van der Waals surface area contributed by atoms with E-state index in [-0.39, 0.29) is 0 Å². The number of pyridine rings is 1. The van der Waals surface area contributed by atoms with Crippen LogP contribution >= 0.6 is 15.9 Å². The molecule has 0 aliphatic carbocycles. The molecule has 1 unspecified atom stereocenters. The average Bonchev–Trinajstić information content (AvgIpc) is 2.39. The van der Waals surface area contributed by atoms with Crippen LogP contribution in [0.3, 0.4) is 0 Å². The smallest absolute Gasteiger partial charge is 0.0831 e. The van der Waals surface area contributed by atoms with Crippen LogP contribution in [0.25, 0.3) is 0 Å². The van der Waals surface area contributed by atoms with Gasteiger partial charge in [-0.3, -0.25) is 4.98 Å². The van der Waals surface area contributed by atoms with Crippen LogP contribution in [-0.2, 0) is 17.8 Å². The molecule has 3 nitrogen and oxygen atoms in total. The first-order valence-electron chi connectivity index (χ1n) is 6.04. The molecule has 1 aromatic carbocycles. The minimum Gasteiger partial charge on any atom is -0.388 e. The second-order valence-electron chi connectivity index (χ2n) is 4.41. The van der Waals surface area contributed by atoms with Gasteiger partial charge in [0.2, 0.25) is 0 Å². The Labute approximate surface area is 121 Å². The van der Waals surface area contributed by atoms with E-state index in [1.54, 1.807) is 19.5 Å². The number of nitrogens with zero attached hydrogens (tertiary/aromatic N) is 1. The first kappa shape index (κ1) is 14.2. The lowest BCUT2D eigenvalue weighted by Crippen LogP contribution is -2.03. The molecule has 1 aromatic heterocycles. The van der Waals surface area contributed by atoms with Crippen LogP contribution < -0.4 is 0 Å². The number of methoxy groups -OCH3 is 1. The molecule has 0 saturated heterocycles. The van der Waals surface area contributed by atoms with Gasteiger partial charge in [0, 0.05) is 30.4 Å². The minimum absolute atomic E-state index is 0.534. The van der Waals surface area contributed by atoms with Gasteiger partial charge in [0.15, 0.2) is 0 Å². The number of halogens is 1. The zero-order chi connectivity index (χ0) is 13.7. The standard InChI is InChI=1S/C15H16BrNO2/c1-19-10-11-3-2-4-13(5-11)15(18)7-12-6-14(16)9-17-8-12/h2-6,8-9,15,18H,7,10H2,1H3. The molecule has 2 aromatic rings. The minimum atomic E-state index is -0.534. The van der Waals surface area contributed by atoms with E-state index in [0.717, 1.165) is 21.2 Å². The van der Waals surface area contributed by atoms with Crippen molar-refractivity contribution < 1.29 is 9.84 Å². The quantitative estimate of drug-likeness (QED) is 0.919. The highest BCUT2D eigenvalue weighted by Crippen LogP contribution is 2.21. The highest BCUT2D eigenvalue weighted by atomic mass is 79.9. The first-order valence-corrected chi connectivity index (χ1v) is 6.83. The number of aromatic nitrogens is 1. The third-order valence-corrected chi connectivity index (χ3v) is 3.27. The molecule has 1 N–H and O–H groups in total. The van der Waals surface area contributed by atoms with E-state index in [1.807, 2.05) is 30.3 Å². The Balaban J connectivity index is 2.11. The first-order chi connectivity index (χ1) is 9.19. The van der Waals surface area contributed by atoms with E-state index in [9.17, 15) is 5.11 Å². The summed E-state index contributed by atoms with van der Waals surface area (Å²) in [5.41, 5.74) is 2.96. The second kappa shape index (κ2) is 6.80. The summed E-state index contributed by atoms with van der Waals surface area (Å²) < 4.78 is 6.02. The fourth-order valence-electron chi connectivity index (χ4n) is 1.97. The highest BCUT2D eigenvalue weighted by Gasteiger charge is 2.09. The molecule has 0 spiro atoms. The molecular formula is C15H16BrNO2. The summed E-state index contributed by atoms with van der Waals surface area (Å²) in [4.78, 5) is 4.10. The molecule has 0 fully saturated rings. The molecule has 0 amide bonds. The lowest BCUT2D eigenvalue weighted by Gasteiger charge is -2.12. The summed E-state index contributed by atoms with van der Waals surface area (Å²) in [6.45, 7) is 0.555. The van der Waals surface area contributed by atoms with Gasteiger partial charge in [-0.2, -0.15) is 0 Å². The zero-order valence-electron chi connectivity index (χ0n) is 10.7. The summed E-state index contributed by atoms with van der Waals surface area (Å²) in [6.07, 6.45) is 3.51. The Kier molecular flexibility index (Phi) is 5.07. The summed E-state index contributed by atoms with van der Waals surface area (Å²) in [5, 5.41) is 10.3. The van der Waals surface area contributed by atoms with Crippen LogP contribution in [0.2, 0.25) is 0 Å². The third kappa shape index (κ3) is 4.13. The lowest BCUT2D eigenvalue weighted by atomic mass is 10.0. The van der Waals surface area contributed by atoms with E-state index in [4.69, 9.17) is 4.74 Å². The summed E-state index contributed by atoms with van der Waals surface area (Å²) in [7, 11) is 1.66. The number of rotatable bonds is 5. The summed E-state index contributed by atoms with van der Waals surface area (Å²) in [5.74, 6) is 0. The fraction of sp³-hybridized carbons (Fsp3) is 0.267. The predicted molar refractivity (Wildman–Crippen MR) is 77.8 cm³/mol. The third-order valence-electron chi connectivity index (χ3n) is 2.84. The van der Waals surface area contributed by atoms with Gasteiger partial charge in [0.1, 0.15) is 0 Å². The molecule has 19 heavy (non-hydrogen) atoms. The summed E-state index contributed by atoms with van der Waals surface area (Å²) >= 11 is 3.38. The molecule has 0 saturated carbocycles. The Morgan fingerprint density at radius 2 is 2.11 bits per heavy atom. The summed E-state index contributed by atoms with van der Waals surface area (Å²) in [6, 6.07) is 9.79. The maximum atomic E-state index is 10.3. The molecule has 0 bridgehead atoms. The van der Waals surface area contributed by atoms with E-state index in [2.05, 4.69) is 20.9 Å². The Hall–Kier alpha value is -1.23. The molecular weight excluding hydrogens is 306 g/mol. The Morgan fingerprint density at radius 3 is 2.84 bits per heavy atom. The largest absolute Gasteiger partial charge is 0.388 e. The van der Waals surface area contributed by atoms with E-state index in [0.29, 0.717) is 13.0 Å². The second-order valence-corrected chi connectivity index (χ2v) is 5.33. The van der Waals surface area contributed by atoms with Crippen molar-refractivity contribution in [3.63, 3.8) is 0 Å². The Morgan fingerprint density at radius 1 is 1.26 bits per heavy atom. The van der Waals surface area contributed by atoms with Crippen LogP contribution in [0.1, 0.15) is 22.8 Å². The van der Waals surface area contributed by atoms with Crippen molar-refractivity contribution in [1.29, 1.82) is 0 Å².